The van der Waals surface area contributed by atoms with Gasteiger partial charge in [-0.05, 0) is 31.0 Å². The number of aromatic amines is 1. The van der Waals surface area contributed by atoms with Crippen molar-refractivity contribution in [3.63, 3.8) is 0 Å². The van der Waals surface area contributed by atoms with Gasteiger partial charge in [0.1, 0.15) is 5.82 Å². The number of aromatic nitrogens is 2. The molecule has 0 spiro atoms. The zero-order chi connectivity index (χ0) is 16.1. The minimum atomic E-state index is -0.421. The Balaban J connectivity index is 2.00. The molecule has 2 rings (SSSR count). The van der Waals surface area contributed by atoms with Crippen LogP contribution < -0.4 is 16.6 Å². The average molecular weight is 318 g/mol. The van der Waals surface area contributed by atoms with Crippen molar-refractivity contribution in [1.29, 1.82) is 0 Å². The van der Waals surface area contributed by atoms with Gasteiger partial charge in [0.05, 0.1) is 5.25 Å². The Kier molecular flexibility index (Phi) is 5.21. The van der Waals surface area contributed by atoms with Crippen molar-refractivity contribution in [2.45, 2.75) is 30.7 Å². The molecule has 2 aromatic rings. The van der Waals surface area contributed by atoms with Crippen molar-refractivity contribution in [3.05, 3.63) is 46.2 Å². The Hall–Kier alpha value is -2.28. The van der Waals surface area contributed by atoms with Crippen LogP contribution in [0, 0.1) is 0 Å². The van der Waals surface area contributed by atoms with E-state index in [1.54, 1.807) is 6.92 Å². The number of benzene rings is 1. The van der Waals surface area contributed by atoms with Crippen LogP contribution in [-0.4, -0.2) is 21.1 Å². The molecule has 0 unspecified atom stereocenters. The van der Waals surface area contributed by atoms with E-state index in [0.717, 1.165) is 23.9 Å². The molecule has 0 fully saturated rings. The minimum absolute atomic E-state index is 0.133. The number of hydrogen-bond donors (Lipinski definition) is 3. The van der Waals surface area contributed by atoms with E-state index >= 15 is 0 Å². The van der Waals surface area contributed by atoms with Crippen LogP contribution >= 0.6 is 11.8 Å². The smallest absolute Gasteiger partial charge is 0.253 e. The van der Waals surface area contributed by atoms with Crippen molar-refractivity contribution >= 4 is 29.2 Å². The molecule has 0 bridgehead atoms. The summed E-state index contributed by atoms with van der Waals surface area (Å²) in [5.41, 5.74) is 7.13. The van der Waals surface area contributed by atoms with E-state index in [1.165, 1.54) is 11.6 Å². The summed E-state index contributed by atoms with van der Waals surface area (Å²) in [6.07, 6.45) is 0.953. The normalized spacial score (nSPS) is 11.9. The summed E-state index contributed by atoms with van der Waals surface area (Å²) in [6, 6.07) is 8.89. The number of carbonyl (C=O) groups is 1. The molecule has 0 saturated heterocycles. The van der Waals surface area contributed by atoms with Gasteiger partial charge in [-0.2, -0.15) is 0 Å². The summed E-state index contributed by atoms with van der Waals surface area (Å²) in [6.45, 7) is 3.81. The van der Waals surface area contributed by atoms with Gasteiger partial charge in [-0.25, -0.2) is 4.98 Å². The first-order chi connectivity index (χ1) is 10.5. The fourth-order valence-electron chi connectivity index (χ4n) is 1.80. The Morgan fingerprint density at radius 2 is 2.09 bits per heavy atom. The molecular formula is C15H18N4O2S. The lowest BCUT2D eigenvalue weighted by Crippen LogP contribution is -2.23. The van der Waals surface area contributed by atoms with Crippen LogP contribution in [0.4, 0.5) is 11.5 Å². The number of aryl methyl sites for hydroxylation is 1. The molecule has 1 heterocycles. The lowest BCUT2D eigenvalue weighted by atomic mass is 10.1. The van der Waals surface area contributed by atoms with Crippen molar-refractivity contribution in [3.8, 4) is 0 Å². The second-order valence-electron chi connectivity index (χ2n) is 4.78. The number of nitrogens with two attached hydrogens (primary N) is 1. The molecule has 4 N–H and O–H groups in total. The number of amides is 1. The number of nitrogens with one attached hydrogen (secondary N) is 2. The molecule has 7 heteroatoms. The molecule has 22 heavy (non-hydrogen) atoms. The molecular weight excluding hydrogens is 300 g/mol. The van der Waals surface area contributed by atoms with Gasteiger partial charge in [0.15, 0.2) is 5.16 Å². The Bertz CT molecular complexity index is 712. The van der Waals surface area contributed by atoms with Crippen LogP contribution in [0.2, 0.25) is 0 Å². The van der Waals surface area contributed by atoms with E-state index in [-0.39, 0.29) is 17.3 Å². The highest BCUT2D eigenvalue weighted by molar-refractivity contribution is 8.00. The van der Waals surface area contributed by atoms with Crippen LogP contribution in [0.25, 0.3) is 0 Å². The van der Waals surface area contributed by atoms with E-state index < -0.39 is 5.25 Å². The maximum absolute atomic E-state index is 12.2. The molecule has 0 radical (unpaired) electrons. The fourth-order valence-corrected chi connectivity index (χ4v) is 2.62. The lowest BCUT2D eigenvalue weighted by Gasteiger charge is -2.11. The number of hydrogen-bond acceptors (Lipinski definition) is 5. The summed E-state index contributed by atoms with van der Waals surface area (Å²) in [7, 11) is 0. The zero-order valence-corrected chi connectivity index (χ0v) is 13.2. The first-order valence-corrected chi connectivity index (χ1v) is 7.79. The molecule has 6 nitrogen and oxygen atoms in total. The Morgan fingerprint density at radius 1 is 1.41 bits per heavy atom. The maximum Gasteiger partial charge on any atom is 0.253 e. The zero-order valence-electron chi connectivity index (χ0n) is 12.4. The quantitative estimate of drug-likeness (QED) is 0.578. The largest absolute Gasteiger partial charge is 0.383 e. The van der Waals surface area contributed by atoms with Crippen LogP contribution in [0.3, 0.4) is 0 Å². The topological polar surface area (TPSA) is 101 Å². The SMILES string of the molecule is CCc1ccc(NC(=O)[C@H](C)Sc2nc(N)cc(=O)[nH]2)cc1. The van der Waals surface area contributed by atoms with Gasteiger partial charge in [-0.15, -0.1) is 0 Å². The molecule has 116 valence electrons. The van der Waals surface area contributed by atoms with Crippen LogP contribution in [-0.2, 0) is 11.2 Å². The summed E-state index contributed by atoms with van der Waals surface area (Å²) in [4.78, 5) is 30.0. The average Bonchev–Trinajstić information content (AvgIpc) is 2.46. The number of nitrogens with zero attached hydrogens (tertiary/aromatic N) is 1. The number of thioether (sulfide) groups is 1. The molecule has 0 aliphatic heterocycles. The monoisotopic (exact) mass is 318 g/mol. The third-order valence-corrected chi connectivity index (χ3v) is 4.01. The van der Waals surface area contributed by atoms with Crippen LogP contribution in [0.15, 0.2) is 40.3 Å². The molecule has 1 atom stereocenters. The molecule has 0 saturated carbocycles. The van der Waals surface area contributed by atoms with E-state index in [0.29, 0.717) is 5.16 Å². The highest BCUT2D eigenvalue weighted by atomic mass is 32.2. The molecule has 0 aliphatic carbocycles. The van der Waals surface area contributed by atoms with E-state index in [9.17, 15) is 9.59 Å². The van der Waals surface area contributed by atoms with E-state index in [1.807, 2.05) is 24.3 Å². The Morgan fingerprint density at radius 3 is 2.68 bits per heavy atom. The molecule has 1 aromatic heterocycles. The fraction of sp³-hybridized carbons (Fsp3) is 0.267. The maximum atomic E-state index is 12.2. The second kappa shape index (κ2) is 7.13. The first-order valence-electron chi connectivity index (χ1n) is 6.91. The van der Waals surface area contributed by atoms with Gasteiger partial charge in [0.2, 0.25) is 5.91 Å². The lowest BCUT2D eigenvalue weighted by molar-refractivity contribution is -0.115. The van der Waals surface area contributed by atoms with Gasteiger partial charge in [-0.1, -0.05) is 30.8 Å². The van der Waals surface area contributed by atoms with E-state index in [4.69, 9.17) is 5.73 Å². The summed E-state index contributed by atoms with van der Waals surface area (Å²) in [5.74, 6) is -0.0339. The van der Waals surface area contributed by atoms with Gasteiger partial charge < -0.3 is 16.0 Å². The Labute approximate surface area is 132 Å². The predicted octanol–water partition coefficient (Wildman–Crippen LogP) is 2.03. The van der Waals surface area contributed by atoms with E-state index in [2.05, 4.69) is 22.2 Å². The predicted molar refractivity (Wildman–Crippen MR) is 89.0 cm³/mol. The number of rotatable bonds is 5. The number of nitrogen functional groups attached to an aromatic ring is 1. The van der Waals surface area contributed by atoms with Crippen LogP contribution in [0.1, 0.15) is 19.4 Å². The molecule has 0 aliphatic rings. The second-order valence-corrected chi connectivity index (χ2v) is 6.10. The van der Waals surface area contributed by atoms with Gasteiger partial charge in [-0.3, -0.25) is 9.59 Å². The van der Waals surface area contributed by atoms with Gasteiger partial charge in [0, 0.05) is 11.8 Å². The number of carbonyl (C=O) groups excluding carboxylic acids is 1. The number of anilines is 2. The summed E-state index contributed by atoms with van der Waals surface area (Å²) < 4.78 is 0. The standard InChI is InChI=1S/C15H18N4O2S/c1-3-10-4-6-11(7-5-10)17-14(21)9(2)22-15-18-12(16)8-13(20)19-15/h4-9H,3H2,1-2H3,(H,17,21)(H3,16,18,19,20)/t9-/m0/s1. The highest BCUT2D eigenvalue weighted by Crippen LogP contribution is 2.20. The van der Waals surface area contributed by atoms with Gasteiger partial charge >= 0.3 is 0 Å². The van der Waals surface area contributed by atoms with Crippen LogP contribution in [0.5, 0.6) is 0 Å². The molecule has 1 aromatic carbocycles. The van der Waals surface area contributed by atoms with Gasteiger partial charge in [0.25, 0.3) is 5.56 Å². The van der Waals surface area contributed by atoms with Crippen molar-refractivity contribution in [1.82, 2.24) is 9.97 Å². The summed E-state index contributed by atoms with van der Waals surface area (Å²) in [5, 5.41) is 2.74. The third kappa shape index (κ3) is 4.36. The van der Waals surface area contributed by atoms with Crippen molar-refractivity contribution < 1.29 is 4.79 Å². The first kappa shape index (κ1) is 16.1. The third-order valence-electron chi connectivity index (χ3n) is 3.03. The minimum Gasteiger partial charge on any atom is -0.383 e. The van der Waals surface area contributed by atoms with Crippen molar-refractivity contribution in [2.75, 3.05) is 11.1 Å². The van der Waals surface area contributed by atoms with Crippen molar-refractivity contribution in [2.24, 2.45) is 0 Å². The number of H-pyrrole nitrogens is 1. The summed E-state index contributed by atoms with van der Waals surface area (Å²) >= 11 is 1.15. The molecule has 1 amide bonds. The highest BCUT2D eigenvalue weighted by Gasteiger charge is 2.16.